The summed E-state index contributed by atoms with van der Waals surface area (Å²) in [4.78, 5) is 0. The molecule has 0 aliphatic rings. The summed E-state index contributed by atoms with van der Waals surface area (Å²) in [5.74, 6) is 0.757. The highest BCUT2D eigenvalue weighted by atomic mass is 16.5. The number of fused-ring (bicyclic) bond motifs is 1. The van der Waals surface area contributed by atoms with Crippen molar-refractivity contribution in [3.05, 3.63) is 59.7 Å². The zero-order valence-corrected chi connectivity index (χ0v) is 16.2. The van der Waals surface area contributed by atoms with Gasteiger partial charge in [-0.25, -0.2) is 0 Å². The van der Waals surface area contributed by atoms with Crippen LogP contribution in [-0.2, 0) is 13.1 Å². The van der Waals surface area contributed by atoms with Crippen LogP contribution in [0.25, 0.3) is 11.0 Å². The highest BCUT2D eigenvalue weighted by Gasteiger charge is 2.14. The third kappa shape index (κ3) is 4.61. The van der Waals surface area contributed by atoms with Gasteiger partial charge in [0.05, 0.1) is 17.6 Å². The average molecular weight is 367 g/mol. The summed E-state index contributed by atoms with van der Waals surface area (Å²) in [6, 6.07) is 15.8. The van der Waals surface area contributed by atoms with E-state index in [4.69, 9.17) is 10.1 Å². The molecule has 0 bridgehead atoms. The predicted molar refractivity (Wildman–Crippen MR) is 108 cm³/mol. The lowest BCUT2D eigenvalue weighted by Crippen LogP contribution is -2.31. The number of ether oxygens (including phenoxy) is 1. The fraction of sp³-hybridized carbons (Fsp3) is 0.409. The third-order valence-electron chi connectivity index (χ3n) is 4.79. The molecule has 1 atom stereocenters. The van der Waals surface area contributed by atoms with Crippen LogP contribution in [0.5, 0.6) is 5.75 Å². The molecule has 0 saturated heterocycles. The number of aryl methyl sites for hydroxylation is 2. The Kier molecular flexibility index (Phi) is 6.35. The summed E-state index contributed by atoms with van der Waals surface area (Å²) in [6.45, 7) is 5.56. The molecule has 5 nitrogen and oxygen atoms in total. The largest absolute Gasteiger partial charge is 0.491 e. The van der Waals surface area contributed by atoms with Crippen molar-refractivity contribution in [1.29, 1.82) is 5.41 Å². The van der Waals surface area contributed by atoms with E-state index in [1.165, 1.54) is 0 Å². The normalized spacial score (nSPS) is 12.4. The first-order chi connectivity index (χ1) is 13.1. The van der Waals surface area contributed by atoms with Crippen molar-refractivity contribution in [2.24, 2.45) is 0 Å². The van der Waals surface area contributed by atoms with Crippen molar-refractivity contribution in [3.8, 4) is 5.75 Å². The van der Waals surface area contributed by atoms with Gasteiger partial charge in [-0.15, -0.1) is 0 Å². The van der Waals surface area contributed by atoms with Gasteiger partial charge in [0.15, 0.2) is 0 Å². The zero-order valence-electron chi connectivity index (χ0n) is 16.2. The molecule has 2 N–H and O–H groups in total. The van der Waals surface area contributed by atoms with Crippen molar-refractivity contribution in [2.75, 3.05) is 6.61 Å². The number of hydrogen-bond acceptors (Lipinski definition) is 3. The molecule has 2 aromatic carbocycles. The standard InChI is InChI=1S/C22H29N3O2/c1-3-4-7-13-24-20-11-5-6-12-21(20)25(22(24)23)15-18(26)16-27-19-10-8-9-17(2)14-19/h5-6,8-12,14,18,23,26H,3-4,7,13,15-16H2,1-2H3/t18-/m1/s1. The number of para-hydroxylation sites is 2. The van der Waals surface area contributed by atoms with Gasteiger partial charge in [0, 0.05) is 6.54 Å². The molecule has 27 heavy (non-hydrogen) atoms. The van der Waals surface area contributed by atoms with Crippen molar-refractivity contribution in [1.82, 2.24) is 9.13 Å². The topological polar surface area (TPSA) is 63.2 Å². The summed E-state index contributed by atoms with van der Waals surface area (Å²) >= 11 is 0. The second-order valence-electron chi connectivity index (χ2n) is 7.06. The van der Waals surface area contributed by atoms with Crippen molar-refractivity contribution >= 4 is 11.0 Å². The fourth-order valence-electron chi connectivity index (χ4n) is 3.39. The molecule has 0 aliphatic heterocycles. The molecule has 0 saturated carbocycles. The maximum absolute atomic E-state index is 10.5. The Morgan fingerprint density at radius 2 is 1.78 bits per heavy atom. The number of rotatable bonds is 9. The molecule has 1 heterocycles. The van der Waals surface area contributed by atoms with E-state index in [1.807, 2.05) is 64.6 Å². The number of benzene rings is 2. The lowest BCUT2D eigenvalue weighted by Gasteiger charge is -2.14. The molecule has 0 unspecified atom stereocenters. The average Bonchev–Trinajstić information content (AvgIpc) is 2.92. The van der Waals surface area contributed by atoms with Crippen LogP contribution in [0.15, 0.2) is 48.5 Å². The fourth-order valence-corrected chi connectivity index (χ4v) is 3.39. The first-order valence-electron chi connectivity index (χ1n) is 9.70. The molecule has 0 aliphatic carbocycles. The Labute approximate surface area is 160 Å². The highest BCUT2D eigenvalue weighted by Crippen LogP contribution is 2.16. The summed E-state index contributed by atoms with van der Waals surface area (Å²) < 4.78 is 9.65. The van der Waals surface area contributed by atoms with E-state index in [9.17, 15) is 5.11 Å². The summed E-state index contributed by atoms with van der Waals surface area (Å²) in [7, 11) is 0. The van der Waals surface area contributed by atoms with E-state index < -0.39 is 6.10 Å². The summed E-state index contributed by atoms with van der Waals surface area (Å²) in [6.07, 6.45) is 2.68. The van der Waals surface area contributed by atoms with E-state index in [-0.39, 0.29) is 6.61 Å². The molecule has 0 fully saturated rings. The molecule has 0 spiro atoms. The van der Waals surface area contributed by atoms with E-state index in [2.05, 4.69) is 6.92 Å². The van der Waals surface area contributed by atoms with Gasteiger partial charge >= 0.3 is 0 Å². The van der Waals surface area contributed by atoms with E-state index >= 15 is 0 Å². The Hall–Kier alpha value is -2.53. The Morgan fingerprint density at radius 1 is 1.04 bits per heavy atom. The van der Waals surface area contributed by atoms with Gasteiger partial charge in [-0.05, 0) is 43.2 Å². The Balaban J connectivity index is 1.75. The lowest BCUT2D eigenvalue weighted by molar-refractivity contribution is 0.0920. The summed E-state index contributed by atoms with van der Waals surface area (Å²) in [5.41, 5.74) is 3.58. The molecule has 0 amide bonds. The maximum Gasteiger partial charge on any atom is 0.203 e. The zero-order chi connectivity index (χ0) is 19.2. The van der Waals surface area contributed by atoms with Crippen LogP contribution in [0, 0.1) is 12.3 Å². The van der Waals surface area contributed by atoms with Gasteiger partial charge in [0.2, 0.25) is 5.62 Å². The first kappa shape index (κ1) is 19.2. The molecule has 5 heteroatoms. The highest BCUT2D eigenvalue weighted by molar-refractivity contribution is 5.75. The van der Waals surface area contributed by atoms with E-state index in [0.29, 0.717) is 12.2 Å². The van der Waals surface area contributed by atoms with Crippen molar-refractivity contribution in [2.45, 2.75) is 52.3 Å². The molecule has 0 radical (unpaired) electrons. The third-order valence-corrected chi connectivity index (χ3v) is 4.79. The molecular formula is C22H29N3O2. The van der Waals surface area contributed by atoms with Crippen LogP contribution in [0.3, 0.4) is 0 Å². The maximum atomic E-state index is 10.5. The number of nitrogens with one attached hydrogen (secondary N) is 1. The van der Waals surface area contributed by atoms with Crippen LogP contribution < -0.4 is 10.4 Å². The Bertz CT molecular complexity index is 942. The monoisotopic (exact) mass is 367 g/mol. The molecule has 1 aromatic heterocycles. The summed E-state index contributed by atoms with van der Waals surface area (Å²) in [5, 5.41) is 19.1. The number of nitrogens with zero attached hydrogens (tertiary/aromatic N) is 2. The minimum Gasteiger partial charge on any atom is -0.491 e. The van der Waals surface area contributed by atoms with Gasteiger partial charge < -0.3 is 19.0 Å². The number of aromatic nitrogens is 2. The van der Waals surface area contributed by atoms with Crippen LogP contribution in [0.1, 0.15) is 31.7 Å². The molecule has 3 rings (SSSR count). The second-order valence-corrected chi connectivity index (χ2v) is 7.06. The van der Waals surface area contributed by atoms with Crippen LogP contribution >= 0.6 is 0 Å². The predicted octanol–water partition coefficient (Wildman–Crippen LogP) is 3.86. The number of unbranched alkanes of at least 4 members (excludes halogenated alkanes) is 2. The van der Waals surface area contributed by atoms with Crippen LogP contribution in [0.4, 0.5) is 0 Å². The first-order valence-corrected chi connectivity index (χ1v) is 9.70. The number of aliphatic hydroxyl groups is 1. The number of aliphatic hydroxyl groups excluding tert-OH is 1. The number of hydrogen-bond donors (Lipinski definition) is 2. The lowest BCUT2D eigenvalue weighted by atomic mass is 10.2. The van der Waals surface area contributed by atoms with Crippen molar-refractivity contribution in [3.63, 3.8) is 0 Å². The smallest absolute Gasteiger partial charge is 0.203 e. The van der Waals surface area contributed by atoms with Gasteiger partial charge in [0.25, 0.3) is 0 Å². The van der Waals surface area contributed by atoms with E-state index in [1.54, 1.807) is 0 Å². The quantitative estimate of drug-likeness (QED) is 0.564. The molecule has 144 valence electrons. The van der Waals surface area contributed by atoms with Gasteiger partial charge in [-0.2, -0.15) is 0 Å². The van der Waals surface area contributed by atoms with Crippen LogP contribution in [0.2, 0.25) is 0 Å². The molecular weight excluding hydrogens is 338 g/mol. The van der Waals surface area contributed by atoms with Gasteiger partial charge in [0.1, 0.15) is 18.5 Å². The minimum atomic E-state index is -0.686. The van der Waals surface area contributed by atoms with Gasteiger partial charge in [-0.3, -0.25) is 5.41 Å². The molecule has 3 aromatic rings. The van der Waals surface area contributed by atoms with Crippen LogP contribution in [-0.4, -0.2) is 27.0 Å². The van der Waals surface area contributed by atoms with Crippen molar-refractivity contribution < 1.29 is 9.84 Å². The van der Waals surface area contributed by atoms with Gasteiger partial charge in [-0.1, -0.05) is 44.0 Å². The van der Waals surface area contributed by atoms with E-state index in [0.717, 1.165) is 48.2 Å². The SMILES string of the molecule is CCCCCn1c(=N)n(C[C@@H](O)COc2cccc(C)c2)c2ccccc21. The second kappa shape index (κ2) is 8.91. The number of imidazole rings is 1. The Morgan fingerprint density at radius 3 is 2.48 bits per heavy atom. The minimum absolute atomic E-state index is 0.200.